The molecule has 3 heteroatoms. The molecular formula is C13H27NO2. The van der Waals surface area contributed by atoms with Crippen molar-refractivity contribution in [3.05, 3.63) is 0 Å². The van der Waals surface area contributed by atoms with Crippen molar-refractivity contribution < 1.29 is 9.84 Å². The second-order valence-corrected chi connectivity index (χ2v) is 6.07. The molecule has 0 saturated heterocycles. The molecule has 1 aliphatic carbocycles. The Balaban J connectivity index is 2.26. The Bertz CT molecular complexity index is 206. The minimum absolute atomic E-state index is 0.212. The van der Waals surface area contributed by atoms with E-state index in [2.05, 4.69) is 19.2 Å². The topological polar surface area (TPSA) is 41.5 Å². The summed E-state index contributed by atoms with van der Waals surface area (Å²) < 4.78 is 5.16. The second kappa shape index (κ2) is 5.48. The van der Waals surface area contributed by atoms with Gasteiger partial charge in [0.15, 0.2) is 0 Å². The third-order valence-electron chi connectivity index (χ3n) is 3.82. The molecule has 2 N–H and O–H groups in total. The van der Waals surface area contributed by atoms with Gasteiger partial charge in [0.1, 0.15) is 0 Å². The van der Waals surface area contributed by atoms with Gasteiger partial charge in [0.05, 0.1) is 11.7 Å². The Morgan fingerprint density at radius 1 is 1.25 bits per heavy atom. The number of nitrogens with one attached hydrogen (secondary N) is 1. The van der Waals surface area contributed by atoms with E-state index < -0.39 is 5.60 Å². The first-order chi connectivity index (χ1) is 7.37. The van der Waals surface area contributed by atoms with E-state index in [1.165, 1.54) is 0 Å². The van der Waals surface area contributed by atoms with Gasteiger partial charge in [0.25, 0.3) is 0 Å². The molecule has 16 heavy (non-hydrogen) atoms. The molecule has 0 bridgehead atoms. The van der Waals surface area contributed by atoms with Gasteiger partial charge in [0.2, 0.25) is 0 Å². The van der Waals surface area contributed by atoms with Gasteiger partial charge >= 0.3 is 0 Å². The number of ether oxygens (including phenoxy) is 1. The largest absolute Gasteiger partial charge is 0.389 e. The quantitative estimate of drug-likeness (QED) is 0.757. The summed E-state index contributed by atoms with van der Waals surface area (Å²) in [6.07, 6.45) is 4.27. The molecule has 0 aromatic heterocycles. The van der Waals surface area contributed by atoms with E-state index in [1.54, 1.807) is 7.11 Å². The Morgan fingerprint density at radius 3 is 2.31 bits per heavy atom. The maximum atomic E-state index is 10.4. The highest BCUT2D eigenvalue weighted by Gasteiger charge is 2.36. The van der Waals surface area contributed by atoms with Crippen LogP contribution in [0.5, 0.6) is 0 Å². The fourth-order valence-corrected chi connectivity index (χ4v) is 2.16. The lowest BCUT2D eigenvalue weighted by Crippen LogP contribution is -2.46. The molecule has 1 unspecified atom stereocenters. The van der Waals surface area contributed by atoms with Crippen molar-refractivity contribution in [3.8, 4) is 0 Å². The molecule has 0 spiro atoms. The van der Waals surface area contributed by atoms with E-state index in [1.807, 2.05) is 6.92 Å². The lowest BCUT2D eigenvalue weighted by molar-refractivity contribution is -0.0262. The van der Waals surface area contributed by atoms with Crippen LogP contribution >= 0.6 is 0 Å². The van der Waals surface area contributed by atoms with Crippen molar-refractivity contribution >= 4 is 0 Å². The Hall–Kier alpha value is -0.120. The number of rotatable bonds is 5. The first-order valence-corrected chi connectivity index (χ1v) is 6.33. The lowest BCUT2D eigenvalue weighted by atomic mass is 9.71. The SMILES string of the molecule is COC(C)CNCC1(O)CCC(C)(C)CC1. The number of hydrogen-bond acceptors (Lipinski definition) is 3. The van der Waals surface area contributed by atoms with Crippen molar-refractivity contribution in [2.24, 2.45) is 5.41 Å². The van der Waals surface area contributed by atoms with Crippen LogP contribution in [-0.2, 0) is 4.74 Å². The summed E-state index contributed by atoms with van der Waals surface area (Å²) in [7, 11) is 1.71. The molecule has 96 valence electrons. The van der Waals surface area contributed by atoms with Gasteiger partial charge in [0, 0.05) is 20.2 Å². The van der Waals surface area contributed by atoms with Gasteiger partial charge in [-0.15, -0.1) is 0 Å². The molecule has 1 rings (SSSR count). The monoisotopic (exact) mass is 229 g/mol. The van der Waals surface area contributed by atoms with Crippen LogP contribution in [0.4, 0.5) is 0 Å². The Morgan fingerprint density at radius 2 is 1.81 bits per heavy atom. The fraction of sp³-hybridized carbons (Fsp3) is 1.00. The van der Waals surface area contributed by atoms with E-state index in [4.69, 9.17) is 4.74 Å². The van der Waals surface area contributed by atoms with Gasteiger partial charge in [-0.1, -0.05) is 13.8 Å². The standard InChI is InChI=1S/C13H27NO2/c1-11(16-4)9-14-10-13(15)7-5-12(2,3)6-8-13/h11,14-15H,5-10H2,1-4H3. The van der Waals surface area contributed by atoms with E-state index in [-0.39, 0.29) is 6.10 Å². The first kappa shape index (κ1) is 13.9. The highest BCUT2D eigenvalue weighted by Crippen LogP contribution is 2.39. The van der Waals surface area contributed by atoms with Crippen molar-refractivity contribution in [1.82, 2.24) is 5.32 Å². The Labute approximate surface area is 99.6 Å². The second-order valence-electron chi connectivity index (χ2n) is 6.07. The first-order valence-electron chi connectivity index (χ1n) is 6.33. The third-order valence-corrected chi connectivity index (χ3v) is 3.82. The van der Waals surface area contributed by atoms with Crippen LogP contribution in [0.1, 0.15) is 46.5 Å². The zero-order chi connectivity index (χ0) is 12.2. The van der Waals surface area contributed by atoms with Crippen LogP contribution in [0.2, 0.25) is 0 Å². The van der Waals surface area contributed by atoms with Crippen LogP contribution in [0.15, 0.2) is 0 Å². The predicted octanol–water partition coefficient (Wildman–Crippen LogP) is 1.94. The van der Waals surface area contributed by atoms with Gasteiger partial charge in [-0.05, 0) is 38.0 Å². The van der Waals surface area contributed by atoms with Gasteiger partial charge in [-0.25, -0.2) is 0 Å². The Kier molecular flexibility index (Phi) is 4.77. The van der Waals surface area contributed by atoms with Crippen LogP contribution in [-0.4, -0.2) is 37.0 Å². The zero-order valence-corrected chi connectivity index (χ0v) is 11.2. The van der Waals surface area contributed by atoms with E-state index in [9.17, 15) is 5.11 Å². The van der Waals surface area contributed by atoms with Crippen molar-refractivity contribution in [2.75, 3.05) is 20.2 Å². The molecule has 1 atom stereocenters. The summed E-state index contributed by atoms with van der Waals surface area (Å²) >= 11 is 0. The highest BCUT2D eigenvalue weighted by atomic mass is 16.5. The van der Waals surface area contributed by atoms with Gasteiger partial charge in [-0.3, -0.25) is 0 Å². The molecule has 0 amide bonds. The number of aliphatic hydroxyl groups is 1. The average Bonchev–Trinajstić information content (AvgIpc) is 2.23. The fourth-order valence-electron chi connectivity index (χ4n) is 2.16. The van der Waals surface area contributed by atoms with Crippen LogP contribution in [0, 0.1) is 5.41 Å². The lowest BCUT2D eigenvalue weighted by Gasteiger charge is -2.40. The predicted molar refractivity (Wildman–Crippen MR) is 66.5 cm³/mol. The molecule has 0 aliphatic heterocycles. The molecule has 1 aliphatic rings. The molecule has 0 aromatic rings. The summed E-state index contributed by atoms with van der Waals surface area (Å²) in [4.78, 5) is 0. The van der Waals surface area contributed by atoms with E-state index in [0.29, 0.717) is 12.0 Å². The van der Waals surface area contributed by atoms with Crippen molar-refractivity contribution in [3.63, 3.8) is 0 Å². The highest BCUT2D eigenvalue weighted by molar-refractivity contribution is 4.90. The molecule has 3 nitrogen and oxygen atoms in total. The minimum Gasteiger partial charge on any atom is -0.389 e. The van der Waals surface area contributed by atoms with Crippen LogP contribution < -0.4 is 5.32 Å². The van der Waals surface area contributed by atoms with Gasteiger partial charge in [-0.2, -0.15) is 0 Å². The summed E-state index contributed by atoms with van der Waals surface area (Å²) in [6.45, 7) is 8.10. The van der Waals surface area contributed by atoms with Crippen LogP contribution in [0.25, 0.3) is 0 Å². The molecule has 1 saturated carbocycles. The van der Waals surface area contributed by atoms with Crippen molar-refractivity contribution in [1.29, 1.82) is 0 Å². The molecule has 0 aromatic carbocycles. The van der Waals surface area contributed by atoms with E-state index in [0.717, 1.165) is 32.2 Å². The normalized spacial score (nSPS) is 25.3. The van der Waals surface area contributed by atoms with E-state index >= 15 is 0 Å². The zero-order valence-electron chi connectivity index (χ0n) is 11.2. The molecular weight excluding hydrogens is 202 g/mol. The smallest absolute Gasteiger partial charge is 0.0772 e. The van der Waals surface area contributed by atoms with Crippen molar-refractivity contribution in [2.45, 2.75) is 58.2 Å². The number of hydrogen-bond donors (Lipinski definition) is 2. The third kappa shape index (κ3) is 4.40. The van der Waals surface area contributed by atoms with Gasteiger partial charge < -0.3 is 15.2 Å². The average molecular weight is 229 g/mol. The summed E-state index contributed by atoms with van der Waals surface area (Å²) in [5.74, 6) is 0. The molecule has 1 fully saturated rings. The summed E-state index contributed by atoms with van der Waals surface area (Å²) in [5, 5.41) is 13.7. The number of methoxy groups -OCH3 is 1. The maximum Gasteiger partial charge on any atom is 0.0772 e. The maximum absolute atomic E-state index is 10.4. The summed E-state index contributed by atoms with van der Waals surface area (Å²) in [5.41, 5.74) is -0.0883. The molecule has 0 radical (unpaired) electrons. The van der Waals surface area contributed by atoms with Crippen LogP contribution in [0.3, 0.4) is 0 Å². The molecule has 0 heterocycles. The minimum atomic E-state index is -0.497. The summed E-state index contributed by atoms with van der Waals surface area (Å²) in [6, 6.07) is 0.